The van der Waals surface area contributed by atoms with E-state index in [9.17, 15) is 18.0 Å². The van der Waals surface area contributed by atoms with Crippen molar-refractivity contribution in [2.24, 2.45) is 5.73 Å². The van der Waals surface area contributed by atoms with E-state index in [0.29, 0.717) is 6.29 Å². The van der Waals surface area contributed by atoms with E-state index < -0.39 is 11.7 Å². The van der Waals surface area contributed by atoms with Crippen molar-refractivity contribution in [1.29, 1.82) is 0 Å². The topological polar surface area (TPSA) is 43.1 Å². The van der Waals surface area contributed by atoms with Crippen LogP contribution in [0.15, 0.2) is 24.3 Å². The highest BCUT2D eigenvalue weighted by Gasteiger charge is 2.30. The molecule has 0 saturated carbocycles. The lowest BCUT2D eigenvalue weighted by Gasteiger charge is -2.08. The van der Waals surface area contributed by atoms with Crippen LogP contribution in [-0.4, -0.2) is 12.8 Å². The molecule has 1 aromatic carbocycles. The Labute approximate surface area is 90.6 Å². The largest absolute Gasteiger partial charge is 0.416 e. The van der Waals surface area contributed by atoms with Gasteiger partial charge in [-0.15, -0.1) is 0 Å². The molecule has 0 radical (unpaired) electrons. The Morgan fingerprint density at radius 2 is 1.94 bits per heavy atom. The minimum Gasteiger partial charge on any atom is -0.327 e. The normalized spacial score (nSPS) is 12.0. The first-order valence-corrected chi connectivity index (χ1v) is 4.52. The first kappa shape index (κ1) is 12.4. The molecule has 0 aliphatic rings. The average molecular weight is 229 g/mol. The molecule has 16 heavy (non-hydrogen) atoms. The Morgan fingerprint density at radius 1 is 1.25 bits per heavy atom. The molecule has 0 aliphatic carbocycles. The average Bonchev–Trinajstić information content (AvgIpc) is 2.24. The summed E-state index contributed by atoms with van der Waals surface area (Å²) in [4.78, 5) is 10.6. The van der Waals surface area contributed by atoms with E-state index in [4.69, 9.17) is 5.73 Å². The molecule has 0 heterocycles. The summed E-state index contributed by atoms with van der Waals surface area (Å²) in [6.07, 6.45) is -1.01. The van der Waals surface area contributed by atoms with E-state index >= 15 is 0 Å². The van der Waals surface area contributed by atoms with Crippen LogP contribution in [0.3, 0.4) is 0 Å². The van der Waals surface area contributed by atoms with Gasteiger partial charge in [-0.2, -0.15) is 13.2 Å². The van der Waals surface area contributed by atoms with Crippen LogP contribution < -0.4 is 5.73 Å². The number of hydrogen-bond acceptors (Lipinski definition) is 2. The highest BCUT2D eigenvalue weighted by Crippen LogP contribution is 2.30. The van der Waals surface area contributed by atoms with E-state index in [1.807, 2.05) is 0 Å². The molecule has 0 fully saturated rings. The number of nitrogens with two attached hydrogens (primary N) is 1. The second-order valence-corrected chi connectivity index (χ2v) is 3.10. The van der Waals surface area contributed by atoms with Crippen molar-refractivity contribution in [3.8, 4) is 0 Å². The van der Waals surface area contributed by atoms with Crippen molar-refractivity contribution in [3.63, 3.8) is 0 Å². The van der Waals surface area contributed by atoms with Crippen molar-refractivity contribution in [1.82, 2.24) is 0 Å². The smallest absolute Gasteiger partial charge is 0.327 e. The number of carbonyl (C=O) groups is 1. The molecule has 0 saturated heterocycles. The van der Waals surface area contributed by atoms with E-state index in [1.165, 1.54) is 12.2 Å². The van der Waals surface area contributed by atoms with Crippen LogP contribution in [0.25, 0.3) is 6.08 Å². The number of benzene rings is 1. The summed E-state index contributed by atoms with van der Waals surface area (Å²) >= 11 is 0. The van der Waals surface area contributed by atoms with Gasteiger partial charge < -0.3 is 5.73 Å². The molecule has 1 aromatic rings. The zero-order chi connectivity index (χ0) is 12.2. The molecule has 0 amide bonds. The van der Waals surface area contributed by atoms with Gasteiger partial charge in [0, 0.05) is 12.1 Å². The van der Waals surface area contributed by atoms with Crippen molar-refractivity contribution in [2.75, 3.05) is 6.54 Å². The molecule has 86 valence electrons. The fraction of sp³-hybridized carbons (Fsp3) is 0.182. The highest BCUT2D eigenvalue weighted by atomic mass is 19.4. The Morgan fingerprint density at radius 3 is 2.44 bits per heavy atom. The first-order chi connectivity index (χ1) is 7.49. The summed E-state index contributed by atoms with van der Waals surface area (Å²) in [5, 5.41) is 0. The minimum absolute atomic E-state index is 0.203. The second-order valence-electron chi connectivity index (χ2n) is 3.10. The fourth-order valence-corrected chi connectivity index (χ4v) is 1.20. The standard InChI is InChI=1S/C11H10F3NO/c12-11(13,14)10-4-3-9(7-16)8(6-10)2-1-5-15/h1-4,6-7H,5,15H2. The summed E-state index contributed by atoms with van der Waals surface area (Å²) in [7, 11) is 0. The second kappa shape index (κ2) is 4.94. The lowest BCUT2D eigenvalue weighted by atomic mass is 10.0. The quantitative estimate of drug-likeness (QED) is 0.809. The Hall–Kier alpha value is -1.62. The lowest BCUT2D eigenvalue weighted by Crippen LogP contribution is -2.05. The SMILES string of the molecule is NCC=Cc1cc(C(F)(F)F)ccc1C=O. The summed E-state index contributed by atoms with van der Waals surface area (Å²) in [6.45, 7) is 0.203. The summed E-state index contributed by atoms with van der Waals surface area (Å²) in [5.41, 5.74) is 4.84. The third-order valence-corrected chi connectivity index (χ3v) is 1.97. The van der Waals surface area contributed by atoms with Crippen molar-refractivity contribution in [3.05, 3.63) is 41.0 Å². The molecule has 0 unspecified atom stereocenters. The first-order valence-electron chi connectivity index (χ1n) is 4.52. The number of aldehydes is 1. The van der Waals surface area contributed by atoms with Crippen LogP contribution >= 0.6 is 0 Å². The number of alkyl halides is 3. The van der Waals surface area contributed by atoms with Crippen LogP contribution in [0.1, 0.15) is 21.5 Å². The third kappa shape index (κ3) is 2.93. The molecule has 0 bridgehead atoms. The van der Waals surface area contributed by atoms with Crippen molar-refractivity contribution >= 4 is 12.4 Å². The van der Waals surface area contributed by atoms with Gasteiger partial charge in [0.15, 0.2) is 6.29 Å². The van der Waals surface area contributed by atoms with Crippen LogP contribution in [0.5, 0.6) is 0 Å². The maximum absolute atomic E-state index is 12.4. The van der Waals surface area contributed by atoms with Gasteiger partial charge in [0.2, 0.25) is 0 Å². The van der Waals surface area contributed by atoms with Gasteiger partial charge in [-0.1, -0.05) is 18.2 Å². The highest BCUT2D eigenvalue weighted by molar-refractivity contribution is 5.82. The molecular formula is C11H10F3NO. The molecule has 0 atom stereocenters. The Bertz CT molecular complexity index is 410. The number of halogens is 3. The van der Waals surface area contributed by atoms with Crippen LogP contribution in [-0.2, 0) is 6.18 Å². The van der Waals surface area contributed by atoms with Gasteiger partial charge in [-0.05, 0) is 17.7 Å². The molecular weight excluding hydrogens is 219 g/mol. The molecule has 2 N–H and O–H groups in total. The van der Waals surface area contributed by atoms with Crippen LogP contribution in [0.2, 0.25) is 0 Å². The summed E-state index contributed by atoms with van der Waals surface area (Å²) in [6, 6.07) is 2.95. The molecule has 2 nitrogen and oxygen atoms in total. The zero-order valence-corrected chi connectivity index (χ0v) is 8.29. The van der Waals surface area contributed by atoms with Gasteiger partial charge in [-0.3, -0.25) is 4.79 Å². The predicted octanol–water partition coefficient (Wildman–Crippen LogP) is 2.49. The van der Waals surface area contributed by atoms with Gasteiger partial charge in [-0.25, -0.2) is 0 Å². The predicted molar refractivity (Wildman–Crippen MR) is 54.9 cm³/mol. The minimum atomic E-state index is -4.41. The Balaban J connectivity index is 3.21. The number of rotatable bonds is 3. The van der Waals surface area contributed by atoms with E-state index in [-0.39, 0.29) is 17.7 Å². The number of carbonyl (C=O) groups excluding carboxylic acids is 1. The van der Waals surface area contributed by atoms with Crippen molar-refractivity contribution < 1.29 is 18.0 Å². The fourth-order valence-electron chi connectivity index (χ4n) is 1.20. The van der Waals surface area contributed by atoms with Gasteiger partial charge >= 0.3 is 6.18 Å². The molecule has 0 spiro atoms. The monoisotopic (exact) mass is 229 g/mol. The van der Waals surface area contributed by atoms with E-state index in [0.717, 1.165) is 18.2 Å². The summed E-state index contributed by atoms with van der Waals surface area (Å²) in [5.74, 6) is 0. The van der Waals surface area contributed by atoms with Crippen molar-refractivity contribution in [2.45, 2.75) is 6.18 Å². The van der Waals surface area contributed by atoms with Crippen LogP contribution in [0.4, 0.5) is 13.2 Å². The van der Waals surface area contributed by atoms with Gasteiger partial charge in [0.1, 0.15) is 0 Å². The molecule has 1 rings (SSSR count). The maximum atomic E-state index is 12.4. The maximum Gasteiger partial charge on any atom is 0.416 e. The van der Waals surface area contributed by atoms with E-state index in [1.54, 1.807) is 0 Å². The van der Waals surface area contributed by atoms with E-state index in [2.05, 4.69) is 0 Å². The van der Waals surface area contributed by atoms with Gasteiger partial charge in [0.25, 0.3) is 0 Å². The Kier molecular flexibility index (Phi) is 3.84. The summed E-state index contributed by atoms with van der Waals surface area (Å²) < 4.78 is 37.2. The van der Waals surface area contributed by atoms with Gasteiger partial charge in [0.05, 0.1) is 5.56 Å². The lowest BCUT2D eigenvalue weighted by molar-refractivity contribution is -0.137. The molecule has 0 aliphatic heterocycles. The third-order valence-electron chi connectivity index (χ3n) is 1.97. The van der Waals surface area contributed by atoms with Crippen LogP contribution in [0, 0.1) is 0 Å². The molecule has 5 heteroatoms. The zero-order valence-electron chi connectivity index (χ0n) is 8.29. The number of hydrogen-bond donors (Lipinski definition) is 1. The molecule has 0 aromatic heterocycles.